The van der Waals surface area contributed by atoms with Gasteiger partial charge >= 0.3 is 5.76 Å². The summed E-state index contributed by atoms with van der Waals surface area (Å²) >= 11 is 0. The number of amides is 1. The molecule has 6 heteroatoms. The normalized spacial score (nSPS) is 10.9. The number of aromatic nitrogens is 1. The smallest absolute Gasteiger partial charge is 0.408 e. The Labute approximate surface area is 158 Å². The summed E-state index contributed by atoms with van der Waals surface area (Å²) < 4.78 is 6.59. The Kier molecular flexibility index (Phi) is 5.64. The molecule has 142 valence electrons. The van der Waals surface area contributed by atoms with Gasteiger partial charge in [-0.3, -0.25) is 9.36 Å². The Hall–Kier alpha value is -3.02. The van der Waals surface area contributed by atoms with Gasteiger partial charge in [-0.25, -0.2) is 4.79 Å². The van der Waals surface area contributed by atoms with Crippen LogP contribution in [-0.2, 0) is 7.05 Å². The molecule has 0 saturated carbocycles. The van der Waals surface area contributed by atoms with Gasteiger partial charge in [0.05, 0.1) is 5.52 Å². The van der Waals surface area contributed by atoms with E-state index in [2.05, 4.69) is 24.1 Å². The minimum absolute atomic E-state index is 0.198. The number of benzene rings is 2. The van der Waals surface area contributed by atoms with E-state index in [-0.39, 0.29) is 5.91 Å². The number of oxazole rings is 1. The van der Waals surface area contributed by atoms with Gasteiger partial charge in [-0.1, -0.05) is 13.3 Å². The van der Waals surface area contributed by atoms with Crippen molar-refractivity contribution >= 4 is 28.4 Å². The van der Waals surface area contributed by atoms with Gasteiger partial charge in [0, 0.05) is 43.1 Å². The number of nitrogens with zero attached hydrogens (tertiary/aromatic N) is 2. The molecule has 0 aliphatic carbocycles. The van der Waals surface area contributed by atoms with Gasteiger partial charge in [-0.05, 0) is 49.7 Å². The molecule has 0 bridgehead atoms. The maximum Gasteiger partial charge on any atom is 0.419 e. The number of nitrogens with one attached hydrogen (secondary N) is 1. The molecule has 2 aromatic carbocycles. The predicted octanol–water partition coefficient (Wildman–Crippen LogP) is 4.01. The topological polar surface area (TPSA) is 67.5 Å². The van der Waals surface area contributed by atoms with Crippen molar-refractivity contribution in [3.05, 3.63) is 58.6 Å². The number of hydrogen-bond acceptors (Lipinski definition) is 4. The lowest BCUT2D eigenvalue weighted by Gasteiger charge is -2.23. The second kappa shape index (κ2) is 8.12. The molecule has 0 aliphatic rings. The van der Waals surface area contributed by atoms with Gasteiger partial charge in [-0.2, -0.15) is 0 Å². The van der Waals surface area contributed by atoms with E-state index in [0.29, 0.717) is 22.4 Å². The van der Waals surface area contributed by atoms with E-state index >= 15 is 0 Å². The molecule has 0 saturated heterocycles. The first-order valence-electron chi connectivity index (χ1n) is 9.29. The van der Waals surface area contributed by atoms with Crippen LogP contribution in [0.3, 0.4) is 0 Å². The van der Waals surface area contributed by atoms with Crippen LogP contribution in [0.1, 0.15) is 37.0 Å². The standard InChI is InChI=1S/C21H25N3O3/c1-4-6-13-24(5-2)17-10-7-15(8-11-17)20(25)22-16-9-12-18-19(14-16)27-21(26)23(18)3/h7-12,14H,4-6,13H2,1-3H3,(H,22,25). The van der Waals surface area contributed by atoms with Crippen LogP contribution in [0.4, 0.5) is 11.4 Å². The first kappa shape index (κ1) is 18.8. The fraction of sp³-hybridized carbons (Fsp3) is 0.333. The molecular weight excluding hydrogens is 342 g/mol. The van der Waals surface area contributed by atoms with E-state index in [9.17, 15) is 9.59 Å². The molecule has 1 heterocycles. The molecule has 3 aromatic rings. The third kappa shape index (κ3) is 4.05. The average molecular weight is 367 g/mol. The highest BCUT2D eigenvalue weighted by Crippen LogP contribution is 2.20. The third-order valence-electron chi connectivity index (χ3n) is 4.71. The summed E-state index contributed by atoms with van der Waals surface area (Å²) in [6, 6.07) is 12.8. The fourth-order valence-electron chi connectivity index (χ4n) is 3.06. The Morgan fingerprint density at radius 2 is 1.89 bits per heavy atom. The molecule has 0 spiro atoms. The van der Waals surface area contributed by atoms with E-state index < -0.39 is 5.76 Å². The summed E-state index contributed by atoms with van der Waals surface area (Å²) in [6.07, 6.45) is 2.30. The Bertz CT molecular complexity index is 986. The van der Waals surface area contributed by atoms with Crippen LogP contribution < -0.4 is 16.0 Å². The van der Waals surface area contributed by atoms with E-state index in [4.69, 9.17) is 4.42 Å². The predicted molar refractivity (Wildman–Crippen MR) is 109 cm³/mol. The Morgan fingerprint density at radius 1 is 1.15 bits per heavy atom. The maximum absolute atomic E-state index is 12.5. The van der Waals surface area contributed by atoms with Crippen LogP contribution >= 0.6 is 0 Å². The lowest BCUT2D eigenvalue weighted by atomic mass is 10.1. The maximum atomic E-state index is 12.5. The van der Waals surface area contributed by atoms with Crippen LogP contribution in [0.25, 0.3) is 11.1 Å². The SMILES string of the molecule is CCCCN(CC)c1ccc(C(=O)Nc2ccc3c(c2)oc(=O)n3C)cc1. The second-order valence-electron chi connectivity index (χ2n) is 6.54. The lowest BCUT2D eigenvalue weighted by Crippen LogP contribution is -2.23. The van der Waals surface area contributed by atoms with Gasteiger partial charge in [0.1, 0.15) is 0 Å². The molecule has 0 radical (unpaired) electrons. The summed E-state index contributed by atoms with van der Waals surface area (Å²) in [4.78, 5) is 26.4. The average Bonchev–Trinajstić information content (AvgIpc) is 2.96. The van der Waals surface area contributed by atoms with Crippen molar-refractivity contribution in [2.45, 2.75) is 26.7 Å². The van der Waals surface area contributed by atoms with Crippen LogP contribution in [0.15, 0.2) is 51.7 Å². The van der Waals surface area contributed by atoms with Crippen molar-refractivity contribution in [2.24, 2.45) is 7.05 Å². The highest BCUT2D eigenvalue weighted by Gasteiger charge is 2.11. The first-order chi connectivity index (χ1) is 13.0. The number of aryl methyl sites for hydroxylation is 1. The summed E-state index contributed by atoms with van der Waals surface area (Å²) in [6.45, 7) is 6.27. The van der Waals surface area contributed by atoms with Crippen molar-refractivity contribution in [3.63, 3.8) is 0 Å². The number of rotatable bonds is 7. The van der Waals surface area contributed by atoms with Gasteiger partial charge in [-0.15, -0.1) is 0 Å². The molecule has 27 heavy (non-hydrogen) atoms. The fourth-order valence-corrected chi connectivity index (χ4v) is 3.06. The number of unbranched alkanes of at least 4 members (excludes halogenated alkanes) is 1. The number of fused-ring (bicyclic) bond motifs is 1. The van der Waals surface area contributed by atoms with Crippen molar-refractivity contribution < 1.29 is 9.21 Å². The Balaban J connectivity index is 1.73. The zero-order valence-corrected chi connectivity index (χ0v) is 16.0. The van der Waals surface area contributed by atoms with Gasteiger partial charge in [0.25, 0.3) is 5.91 Å². The van der Waals surface area contributed by atoms with Crippen LogP contribution in [0.5, 0.6) is 0 Å². The van der Waals surface area contributed by atoms with Crippen molar-refractivity contribution in [3.8, 4) is 0 Å². The summed E-state index contributed by atoms with van der Waals surface area (Å²) in [5, 5.41) is 2.85. The largest absolute Gasteiger partial charge is 0.419 e. The first-order valence-corrected chi connectivity index (χ1v) is 9.29. The molecule has 0 fully saturated rings. The Morgan fingerprint density at radius 3 is 2.56 bits per heavy atom. The second-order valence-corrected chi connectivity index (χ2v) is 6.54. The van der Waals surface area contributed by atoms with Crippen LogP contribution in [-0.4, -0.2) is 23.6 Å². The quantitative estimate of drug-likeness (QED) is 0.685. The number of carbonyl (C=O) groups excluding carboxylic acids is 1. The van der Waals surface area contributed by atoms with Gasteiger partial charge in [0.15, 0.2) is 5.58 Å². The third-order valence-corrected chi connectivity index (χ3v) is 4.71. The van der Waals surface area contributed by atoms with E-state index in [1.807, 2.05) is 24.3 Å². The molecule has 0 unspecified atom stereocenters. The molecule has 0 aliphatic heterocycles. The minimum Gasteiger partial charge on any atom is -0.408 e. The summed E-state index contributed by atoms with van der Waals surface area (Å²) in [7, 11) is 1.65. The van der Waals surface area contributed by atoms with E-state index in [1.165, 1.54) is 4.57 Å². The number of anilines is 2. The van der Waals surface area contributed by atoms with Gasteiger partial charge < -0.3 is 14.6 Å². The number of hydrogen-bond donors (Lipinski definition) is 1. The zero-order chi connectivity index (χ0) is 19.4. The van der Waals surface area contributed by atoms with Crippen LogP contribution in [0, 0.1) is 0 Å². The molecule has 1 amide bonds. The molecular formula is C21H25N3O3. The highest BCUT2D eigenvalue weighted by atomic mass is 16.4. The molecule has 6 nitrogen and oxygen atoms in total. The van der Waals surface area contributed by atoms with Crippen molar-refractivity contribution in [1.82, 2.24) is 4.57 Å². The zero-order valence-electron chi connectivity index (χ0n) is 16.0. The van der Waals surface area contributed by atoms with E-state index in [0.717, 1.165) is 31.6 Å². The summed E-state index contributed by atoms with van der Waals surface area (Å²) in [5.41, 5.74) is 3.43. The number of carbonyl (C=O) groups is 1. The summed E-state index contributed by atoms with van der Waals surface area (Å²) in [5.74, 6) is -0.622. The molecule has 1 aromatic heterocycles. The minimum atomic E-state index is -0.424. The van der Waals surface area contributed by atoms with Crippen LogP contribution in [0.2, 0.25) is 0 Å². The lowest BCUT2D eigenvalue weighted by molar-refractivity contribution is 0.102. The molecule has 3 rings (SSSR count). The van der Waals surface area contributed by atoms with Gasteiger partial charge in [0.2, 0.25) is 0 Å². The van der Waals surface area contributed by atoms with Crippen molar-refractivity contribution in [2.75, 3.05) is 23.3 Å². The monoisotopic (exact) mass is 367 g/mol. The van der Waals surface area contributed by atoms with E-state index in [1.54, 1.807) is 25.2 Å². The molecule has 0 atom stereocenters. The molecule has 1 N–H and O–H groups in total. The van der Waals surface area contributed by atoms with Crippen molar-refractivity contribution in [1.29, 1.82) is 0 Å². The highest BCUT2D eigenvalue weighted by molar-refractivity contribution is 6.05.